The highest BCUT2D eigenvalue weighted by molar-refractivity contribution is 7.81. The molecule has 1 unspecified atom stereocenters. The normalized spacial score (nSPS) is 19.1. The van der Waals surface area contributed by atoms with Gasteiger partial charge in [-0.1, -0.05) is 6.07 Å². The minimum Gasteiger partial charge on any atom is -0.505 e. The first-order valence-electron chi connectivity index (χ1n) is 5.43. The molecule has 1 aliphatic heterocycles. The highest BCUT2D eigenvalue weighted by Crippen LogP contribution is 2.34. The van der Waals surface area contributed by atoms with Crippen LogP contribution in [-0.4, -0.2) is 35.9 Å². The Bertz CT molecular complexity index is 503. The number of para-hydroxylation sites is 1. The maximum atomic E-state index is 11.7. The standard InChI is InChI=1S/C12H13NO4S/c1-17-12(16)8-3-2-4-9(11(8)15)13-6-7(18)5-10(13)14/h2-4,7,15,18H,5-6H2,1H3. The number of carbonyl (C=O) groups excluding carboxylic acids is 2. The van der Waals surface area contributed by atoms with Crippen LogP contribution in [0.15, 0.2) is 18.2 Å². The number of ether oxygens (including phenoxy) is 1. The molecule has 1 aliphatic rings. The Kier molecular flexibility index (Phi) is 3.47. The van der Waals surface area contributed by atoms with Gasteiger partial charge in [-0.15, -0.1) is 0 Å². The predicted octanol–water partition coefficient (Wildman–Crippen LogP) is 1.21. The molecule has 0 bridgehead atoms. The third-order valence-electron chi connectivity index (χ3n) is 2.82. The second-order valence-corrected chi connectivity index (χ2v) is 4.76. The highest BCUT2D eigenvalue weighted by atomic mass is 32.1. The number of thiol groups is 1. The average Bonchev–Trinajstić information content (AvgIpc) is 2.68. The molecule has 5 nitrogen and oxygen atoms in total. The molecule has 2 rings (SSSR count). The fourth-order valence-corrected chi connectivity index (χ4v) is 2.26. The Labute approximate surface area is 110 Å². The van der Waals surface area contributed by atoms with Crippen molar-refractivity contribution in [3.63, 3.8) is 0 Å². The number of phenols is 1. The van der Waals surface area contributed by atoms with Crippen molar-refractivity contribution in [3.05, 3.63) is 23.8 Å². The zero-order valence-corrected chi connectivity index (χ0v) is 10.7. The Morgan fingerprint density at radius 3 is 2.83 bits per heavy atom. The molecular formula is C12H13NO4S. The Morgan fingerprint density at radius 1 is 1.56 bits per heavy atom. The first-order valence-corrected chi connectivity index (χ1v) is 5.95. The molecule has 0 aliphatic carbocycles. The lowest BCUT2D eigenvalue weighted by atomic mass is 10.1. The number of hydrogen-bond acceptors (Lipinski definition) is 5. The molecule has 6 heteroatoms. The molecule has 18 heavy (non-hydrogen) atoms. The van der Waals surface area contributed by atoms with Crippen LogP contribution in [0.5, 0.6) is 5.75 Å². The van der Waals surface area contributed by atoms with E-state index in [9.17, 15) is 14.7 Å². The van der Waals surface area contributed by atoms with Crippen LogP contribution >= 0.6 is 12.6 Å². The van der Waals surface area contributed by atoms with Gasteiger partial charge in [-0.05, 0) is 12.1 Å². The summed E-state index contributed by atoms with van der Waals surface area (Å²) in [5.41, 5.74) is 0.366. The summed E-state index contributed by atoms with van der Waals surface area (Å²) in [6.45, 7) is 0.417. The molecule has 1 N–H and O–H groups in total. The molecule has 0 radical (unpaired) electrons. The van der Waals surface area contributed by atoms with E-state index in [0.717, 1.165) is 0 Å². The lowest BCUT2D eigenvalue weighted by molar-refractivity contribution is -0.117. The van der Waals surface area contributed by atoms with E-state index in [2.05, 4.69) is 17.4 Å². The number of carbonyl (C=O) groups is 2. The molecule has 0 aromatic heterocycles. The highest BCUT2D eigenvalue weighted by Gasteiger charge is 2.31. The maximum Gasteiger partial charge on any atom is 0.341 e. The smallest absolute Gasteiger partial charge is 0.341 e. The number of nitrogens with zero attached hydrogens (tertiary/aromatic N) is 1. The fourth-order valence-electron chi connectivity index (χ4n) is 1.95. The van der Waals surface area contributed by atoms with Crippen LogP contribution in [0.2, 0.25) is 0 Å². The van der Waals surface area contributed by atoms with Gasteiger partial charge in [0, 0.05) is 18.2 Å². The van der Waals surface area contributed by atoms with Crippen molar-refractivity contribution >= 4 is 30.2 Å². The quantitative estimate of drug-likeness (QED) is 0.624. The van der Waals surface area contributed by atoms with Crippen LogP contribution < -0.4 is 4.90 Å². The van der Waals surface area contributed by atoms with E-state index in [0.29, 0.717) is 18.7 Å². The predicted molar refractivity (Wildman–Crippen MR) is 69.2 cm³/mol. The topological polar surface area (TPSA) is 66.8 Å². The Balaban J connectivity index is 2.40. The molecule has 1 aromatic carbocycles. The summed E-state index contributed by atoms with van der Waals surface area (Å²) in [5, 5.41) is 9.98. The lowest BCUT2D eigenvalue weighted by Gasteiger charge is -2.18. The van der Waals surface area contributed by atoms with Crippen LogP contribution in [0, 0.1) is 0 Å². The molecular weight excluding hydrogens is 254 g/mol. The average molecular weight is 267 g/mol. The minimum atomic E-state index is -0.636. The first-order chi connectivity index (χ1) is 8.54. The number of methoxy groups -OCH3 is 1. The number of anilines is 1. The number of benzene rings is 1. The van der Waals surface area contributed by atoms with E-state index in [4.69, 9.17) is 0 Å². The Morgan fingerprint density at radius 2 is 2.28 bits per heavy atom. The zero-order valence-electron chi connectivity index (χ0n) is 9.79. The fraction of sp³-hybridized carbons (Fsp3) is 0.333. The lowest BCUT2D eigenvalue weighted by Crippen LogP contribution is -2.25. The van der Waals surface area contributed by atoms with Crippen molar-refractivity contribution in [2.75, 3.05) is 18.6 Å². The molecule has 1 heterocycles. The van der Waals surface area contributed by atoms with Gasteiger partial charge in [0.1, 0.15) is 5.56 Å². The van der Waals surface area contributed by atoms with Crippen molar-refractivity contribution in [2.45, 2.75) is 11.7 Å². The van der Waals surface area contributed by atoms with Crippen LogP contribution in [0.4, 0.5) is 5.69 Å². The molecule has 1 saturated heterocycles. The summed E-state index contributed by atoms with van der Waals surface area (Å²) < 4.78 is 4.57. The number of esters is 1. The zero-order chi connectivity index (χ0) is 13.3. The molecule has 1 atom stereocenters. The summed E-state index contributed by atoms with van der Waals surface area (Å²) >= 11 is 4.24. The van der Waals surface area contributed by atoms with E-state index in [-0.39, 0.29) is 22.5 Å². The SMILES string of the molecule is COC(=O)c1cccc(N2CC(S)CC2=O)c1O. The van der Waals surface area contributed by atoms with E-state index in [1.54, 1.807) is 12.1 Å². The molecule has 0 saturated carbocycles. The molecule has 0 spiro atoms. The van der Waals surface area contributed by atoms with E-state index in [1.165, 1.54) is 18.1 Å². The number of rotatable bonds is 2. The third kappa shape index (κ3) is 2.15. The summed E-state index contributed by atoms with van der Waals surface area (Å²) in [7, 11) is 1.24. The second kappa shape index (κ2) is 4.89. The monoisotopic (exact) mass is 267 g/mol. The van der Waals surface area contributed by atoms with Gasteiger partial charge in [-0.3, -0.25) is 4.79 Å². The first kappa shape index (κ1) is 12.8. The van der Waals surface area contributed by atoms with Crippen molar-refractivity contribution in [3.8, 4) is 5.75 Å². The number of amides is 1. The number of hydrogen-bond donors (Lipinski definition) is 2. The summed E-state index contributed by atoms with van der Waals surface area (Å²) in [6.07, 6.45) is 0.324. The van der Waals surface area contributed by atoms with Crippen LogP contribution in [0.1, 0.15) is 16.8 Å². The number of aromatic hydroxyl groups is 1. The van der Waals surface area contributed by atoms with Crippen LogP contribution in [-0.2, 0) is 9.53 Å². The number of phenolic OH excluding ortho intramolecular Hbond substituents is 1. The van der Waals surface area contributed by atoms with Gasteiger partial charge in [0.2, 0.25) is 5.91 Å². The Hall–Kier alpha value is -1.69. The van der Waals surface area contributed by atoms with Gasteiger partial charge in [0.25, 0.3) is 0 Å². The van der Waals surface area contributed by atoms with Gasteiger partial charge >= 0.3 is 5.97 Å². The van der Waals surface area contributed by atoms with Gasteiger partial charge < -0.3 is 14.7 Å². The van der Waals surface area contributed by atoms with Crippen LogP contribution in [0.3, 0.4) is 0 Å². The van der Waals surface area contributed by atoms with Crippen molar-refractivity contribution in [1.82, 2.24) is 0 Å². The van der Waals surface area contributed by atoms with Crippen LogP contribution in [0.25, 0.3) is 0 Å². The maximum absolute atomic E-state index is 11.7. The molecule has 1 fully saturated rings. The van der Waals surface area contributed by atoms with E-state index < -0.39 is 5.97 Å². The van der Waals surface area contributed by atoms with Crippen molar-refractivity contribution in [2.24, 2.45) is 0 Å². The largest absolute Gasteiger partial charge is 0.505 e. The van der Waals surface area contributed by atoms with E-state index >= 15 is 0 Å². The second-order valence-electron chi connectivity index (χ2n) is 4.03. The van der Waals surface area contributed by atoms with Gasteiger partial charge in [0.15, 0.2) is 5.75 Å². The van der Waals surface area contributed by atoms with E-state index in [1.807, 2.05) is 0 Å². The summed E-state index contributed by atoms with van der Waals surface area (Å²) in [5.74, 6) is -0.990. The van der Waals surface area contributed by atoms with Gasteiger partial charge in [-0.2, -0.15) is 12.6 Å². The van der Waals surface area contributed by atoms with Crippen molar-refractivity contribution in [1.29, 1.82) is 0 Å². The van der Waals surface area contributed by atoms with Gasteiger partial charge in [0.05, 0.1) is 12.8 Å². The van der Waals surface area contributed by atoms with Crippen molar-refractivity contribution < 1.29 is 19.4 Å². The summed E-state index contributed by atoms with van der Waals surface area (Å²) in [6, 6.07) is 4.63. The molecule has 1 amide bonds. The third-order valence-corrected chi connectivity index (χ3v) is 3.16. The van der Waals surface area contributed by atoms with Gasteiger partial charge in [-0.25, -0.2) is 4.79 Å². The minimum absolute atomic E-state index is 0.0467. The molecule has 96 valence electrons. The molecule has 1 aromatic rings. The summed E-state index contributed by atoms with van der Waals surface area (Å²) in [4.78, 5) is 24.6.